The minimum absolute atomic E-state index is 0.0722. The van der Waals surface area contributed by atoms with E-state index < -0.39 is 11.6 Å². The minimum Gasteiger partial charge on any atom is -0.492 e. The third-order valence-corrected chi connectivity index (χ3v) is 9.40. The maximum Gasteiger partial charge on any atom is 0.257 e. The molecule has 6 aromatic rings. The number of ether oxygens (including phenoxy) is 2. The number of aromatic nitrogens is 4. The van der Waals surface area contributed by atoms with Crippen LogP contribution >= 0.6 is 11.6 Å². The van der Waals surface area contributed by atoms with Crippen molar-refractivity contribution in [2.24, 2.45) is 0 Å². The van der Waals surface area contributed by atoms with Gasteiger partial charge in [0.1, 0.15) is 11.0 Å². The maximum atomic E-state index is 14.1. The molecule has 4 aromatic heterocycles. The van der Waals surface area contributed by atoms with Crippen LogP contribution in [0.3, 0.4) is 0 Å². The fourth-order valence-corrected chi connectivity index (χ4v) is 6.77. The number of amides is 2. The number of methoxy groups -OCH3 is 2. The Balaban J connectivity index is 0.000000171. The first-order valence-corrected chi connectivity index (χ1v) is 18.7. The van der Waals surface area contributed by atoms with Gasteiger partial charge in [-0.1, -0.05) is 35.9 Å². The number of nitrogens with two attached hydrogens (primary N) is 1. The lowest BCUT2D eigenvalue weighted by Crippen LogP contribution is -2.18. The molecule has 8 rings (SSSR count). The Kier molecular flexibility index (Phi) is 12.8. The number of hydrogen-bond donors (Lipinski definition) is 3. The van der Waals surface area contributed by atoms with E-state index in [1.54, 1.807) is 60.3 Å². The summed E-state index contributed by atoms with van der Waals surface area (Å²) < 4.78 is 38.1. The van der Waals surface area contributed by atoms with Gasteiger partial charge in [-0.05, 0) is 74.5 Å². The first-order chi connectivity index (χ1) is 28.3. The van der Waals surface area contributed by atoms with Crippen molar-refractivity contribution in [2.45, 2.75) is 33.4 Å². The van der Waals surface area contributed by atoms with Crippen LogP contribution < -0.4 is 25.8 Å². The second-order valence-electron chi connectivity index (χ2n) is 13.7. The molecule has 2 aliphatic heterocycles. The van der Waals surface area contributed by atoms with Gasteiger partial charge in [0, 0.05) is 43.3 Å². The highest BCUT2D eigenvalue weighted by Gasteiger charge is 2.31. The van der Waals surface area contributed by atoms with Crippen molar-refractivity contribution in [3.63, 3.8) is 0 Å². The molecule has 2 amide bonds. The summed E-state index contributed by atoms with van der Waals surface area (Å²) in [4.78, 5) is 45.4. The summed E-state index contributed by atoms with van der Waals surface area (Å²) in [7, 11) is 6.21. The van der Waals surface area contributed by atoms with E-state index in [1.807, 2.05) is 50.2 Å². The number of carbonyl (C=O) groups is 2. The van der Waals surface area contributed by atoms with E-state index in [0.29, 0.717) is 70.6 Å². The number of nitrogens with zero attached hydrogens (tertiary/aromatic N) is 6. The molecule has 2 aromatic carbocycles. The van der Waals surface area contributed by atoms with Crippen LogP contribution in [0.2, 0.25) is 5.15 Å². The highest BCUT2D eigenvalue weighted by molar-refractivity contribution is 6.30. The van der Waals surface area contributed by atoms with Gasteiger partial charge >= 0.3 is 0 Å². The Morgan fingerprint density at radius 3 is 1.64 bits per heavy atom. The molecule has 304 valence electrons. The normalized spacial score (nSPS) is 12.5. The van der Waals surface area contributed by atoms with Crippen LogP contribution in [0.4, 0.5) is 37.3 Å². The molecular formula is C43H42ClF2N9O4. The standard InChI is InChI=1S/C22H21FN4O2.C15H13ClFN3O2.C6H8N2/c1-13-6-4-7-14(24-13)10-15-11-18(20-19(25-15)12-27(2)22(20)28)26-17-9-5-8-16(23)21(17)29-3;1-20-7-11-13(15(20)21)10(6-12(16)19-11)18-9-5-3-4-8(17)14(9)22-2;1-5-3-2-4-6(7)8-5/h4-9,11H,10,12H2,1-3H3,(H,25,26);3-6H,7H2,1-2H3,(H,18,19);2-4H,1H3,(H2,7,8). The van der Waals surface area contributed by atoms with Crippen molar-refractivity contribution < 1.29 is 27.8 Å². The number of para-hydroxylation sites is 2. The summed E-state index contributed by atoms with van der Waals surface area (Å²) in [6.07, 6.45) is 0.530. The molecule has 0 bridgehead atoms. The molecule has 0 radical (unpaired) electrons. The molecule has 0 fully saturated rings. The SMILES string of the molecule is COc1c(F)cccc1Nc1cc(Cc2cccc(C)n2)nc2c1C(=O)N(C)C2.COc1c(F)cccc1Nc1cc(Cl)nc2c1C(=O)N(C)C2.Cc1cccc(N)n1. The third-order valence-electron chi connectivity index (χ3n) is 9.20. The number of nitrogen functional groups attached to an aromatic ring is 1. The van der Waals surface area contributed by atoms with E-state index >= 15 is 0 Å². The predicted molar refractivity (Wildman–Crippen MR) is 223 cm³/mol. The number of aryl methyl sites for hydroxylation is 2. The molecule has 2 aliphatic rings. The van der Waals surface area contributed by atoms with Crippen LogP contribution in [-0.4, -0.2) is 69.9 Å². The average molecular weight is 822 g/mol. The van der Waals surface area contributed by atoms with Crippen molar-refractivity contribution in [1.29, 1.82) is 0 Å². The fraction of sp³-hybridized carbons (Fsp3) is 0.209. The quantitative estimate of drug-likeness (QED) is 0.128. The molecule has 59 heavy (non-hydrogen) atoms. The zero-order valence-corrected chi connectivity index (χ0v) is 34.0. The smallest absolute Gasteiger partial charge is 0.257 e. The molecule has 0 saturated carbocycles. The molecule has 0 spiro atoms. The number of nitrogens with one attached hydrogen (secondary N) is 2. The number of hydrogen-bond acceptors (Lipinski definition) is 11. The van der Waals surface area contributed by atoms with Crippen molar-refractivity contribution in [2.75, 3.05) is 44.7 Å². The summed E-state index contributed by atoms with van der Waals surface area (Å²) in [5.41, 5.74) is 13.1. The Hall–Kier alpha value is -6.87. The lowest BCUT2D eigenvalue weighted by Gasteiger charge is -2.15. The Morgan fingerprint density at radius 2 is 1.15 bits per heavy atom. The summed E-state index contributed by atoms with van der Waals surface area (Å²) in [6, 6.07) is 23.9. The lowest BCUT2D eigenvalue weighted by atomic mass is 10.1. The van der Waals surface area contributed by atoms with E-state index in [1.165, 1.54) is 26.4 Å². The van der Waals surface area contributed by atoms with Gasteiger partial charge in [0.15, 0.2) is 23.1 Å². The van der Waals surface area contributed by atoms with Crippen molar-refractivity contribution >= 4 is 52.0 Å². The summed E-state index contributed by atoms with van der Waals surface area (Å²) in [6.45, 7) is 4.68. The average Bonchev–Trinajstić information content (AvgIpc) is 3.63. The van der Waals surface area contributed by atoms with Crippen LogP contribution in [0.1, 0.15) is 54.9 Å². The molecule has 4 N–H and O–H groups in total. The molecule has 6 heterocycles. The monoisotopic (exact) mass is 821 g/mol. The van der Waals surface area contributed by atoms with Gasteiger partial charge in [0.2, 0.25) is 0 Å². The van der Waals surface area contributed by atoms with E-state index in [2.05, 4.69) is 25.6 Å². The van der Waals surface area contributed by atoms with Crippen LogP contribution in [0, 0.1) is 25.5 Å². The van der Waals surface area contributed by atoms with Gasteiger partial charge in [-0.25, -0.2) is 18.7 Å². The van der Waals surface area contributed by atoms with Crippen molar-refractivity contribution in [3.05, 3.63) is 147 Å². The number of rotatable bonds is 8. The summed E-state index contributed by atoms with van der Waals surface area (Å²) >= 11 is 6.01. The van der Waals surface area contributed by atoms with Gasteiger partial charge in [-0.2, -0.15) is 0 Å². The number of benzene rings is 2. The highest BCUT2D eigenvalue weighted by atomic mass is 35.5. The first kappa shape index (κ1) is 41.8. The van der Waals surface area contributed by atoms with Crippen molar-refractivity contribution in [3.8, 4) is 11.5 Å². The Labute approximate surface area is 345 Å². The molecule has 0 saturated heterocycles. The lowest BCUT2D eigenvalue weighted by molar-refractivity contribution is 0.0809. The molecule has 16 heteroatoms. The van der Waals surface area contributed by atoms with Crippen LogP contribution in [-0.2, 0) is 19.5 Å². The molecule has 13 nitrogen and oxygen atoms in total. The van der Waals surface area contributed by atoms with Crippen LogP contribution in [0.15, 0.2) is 84.9 Å². The predicted octanol–water partition coefficient (Wildman–Crippen LogP) is 8.04. The molecule has 0 aliphatic carbocycles. The zero-order valence-electron chi connectivity index (χ0n) is 33.2. The number of anilines is 5. The second kappa shape index (κ2) is 18.2. The minimum atomic E-state index is -0.493. The topological polar surface area (TPSA) is 161 Å². The molecule has 0 unspecified atom stereocenters. The Morgan fingerprint density at radius 1 is 0.661 bits per heavy atom. The number of carbonyl (C=O) groups excluding carboxylic acids is 2. The highest BCUT2D eigenvalue weighted by Crippen LogP contribution is 2.37. The van der Waals surface area contributed by atoms with Crippen LogP contribution in [0.25, 0.3) is 0 Å². The van der Waals surface area contributed by atoms with E-state index in [4.69, 9.17) is 31.8 Å². The third kappa shape index (κ3) is 9.64. The number of fused-ring (bicyclic) bond motifs is 2. The van der Waals surface area contributed by atoms with E-state index in [-0.39, 0.29) is 28.5 Å². The van der Waals surface area contributed by atoms with Gasteiger partial charge in [-0.15, -0.1) is 0 Å². The van der Waals surface area contributed by atoms with Gasteiger partial charge < -0.3 is 35.6 Å². The van der Waals surface area contributed by atoms with Crippen molar-refractivity contribution in [1.82, 2.24) is 29.7 Å². The second-order valence-corrected chi connectivity index (χ2v) is 14.0. The Bertz CT molecular complexity index is 2520. The van der Waals surface area contributed by atoms with Gasteiger partial charge in [0.25, 0.3) is 11.8 Å². The molecule has 0 atom stereocenters. The van der Waals surface area contributed by atoms with Gasteiger partial charge in [0.05, 0.1) is 72.6 Å². The number of halogens is 3. The molecular weight excluding hydrogens is 780 g/mol. The zero-order chi connectivity index (χ0) is 42.4. The van der Waals surface area contributed by atoms with Crippen LogP contribution in [0.5, 0.6) is 11.5 Å². The summed E-state index contributed by atoms with van der Waals surface area (Å²) in [5.74, 6) is -0.488. The van der Waals surface area contributed by atoms with Gasteiger partial charge in [-0.3, -0.25) is 19.6 Å². The van der Waals surface area contributed by atoms with E-state index in [9.17, 15) is 18.4 Å². The fourth-order valence-electron chi connectivity index (χ4n) is 6.56. The largest absolute Gasteiger partial charge is 0.492 e. The van der Waals surface area contributed by atoms with E-state index in [0.717, 1.165) is 22.8 Å². The first-order valence-electron chi connectivity index (χ1n) is 18.3. The maximum absolute atomic E-state index is 14.1. The number of pyridine rings is 4. The summed E-state index contributed by atoms with van der Waals surface area (Å²) in [5, 5.41) is 6.46.